The lowest BCUT2D eigenvalue weighted by Crippen LogP contribution is -2.54. The predicted octanol–water partition coefficient (Wildman–Crippen LogP) is 2.55. The molecule has 2 unspecified atom stereocenters. The number of anilines is 3. The minimum atomic E-state index is -0.314. The van der Waals surface area contributed by atoms with Crippen molar-refractivity contribution in [3.63, 3.8) is 0 Å². The van der Waals surface area contributed by atoms with Crippen LogP contribution < -0.4 is 20.7 Å². The Morgan fingerprint density at radius 1 is 1.23 bits per heavy atom. The van der Waals surface area contributed by atoms with Gasteiger partial charge in [-0.25, -0.2) is 0 Å². The zero-order valence-electron chi connectivity index (χ0n) is 18.6. The van der Waals surface area contributed by atoms with Crippen LogP contribution in [0.25, 0.3) is 0 Å². The van der Waals surface area contributed by atoms with E-state index in [1.807, 2.05) is 52.3 Å². The lowest BCUT2D eigenvalue weighted by atomic mass is 10.0. The highest BCUT2D eigenvalue weighted by molar-refractivity contribution is 6.08. The van der Waals surface area contributed by atoms with Gasteiger partial charge < -0.3 is 15.1 Å². The summed E-state index contributed by atoms with van der Waals surface area (Å²) in [6.45, 7) is 5.63. The van der Waals surface area contributed by atoms with Crippen LogP contribution in [0.5, 0.6) is 0 Å². The quantitative estimate of drug-likeness (QED) is 0.788. The number of hydrogen-bond acceptors (Lipinski definition) is 6. The van der Waals surface area contributed by atoms with E-state index >= 15 is 0 Å². The minimum absolute atomic E-state index is 0.0367. The molecular formula is C23H30N6O2. The summed E-state index contributed by atoms with van der Waals surface area (Å²) in [5.74, 6) is 0.782. The fourth-order valence-electron chi connectivity index (χ4n) is 4.12. The van der Waals surface area contributed by atoms with Gasteiger partial charge in [0.05, 0.1) is 6.04 Å². The van der Waals surface area contributed by atoms with Crippen molar-refractivity contribution in [2.45, 2.75) is 45.3 Å². The Morgan fingerprint density at radius 3 is 2.68 bits per heavy atom. The maximum atomic E-state index is 13.7. The molecule has 2 aliphatic heterocycles. The first kappa shape index (κ1) is 21.0. The first-order valence-corrected chi connectivity index (χ1v) is 10.8. The molecule has 2 N–H and O–H groups in total. The molecule has 164 valence electrons. The molecule has 1 aromatic carbocycles. The molecule has 8 nitrogen and oxygen atoms in total. The Kier molecular flexibility index (Phi) is 5.71. The summed E-state index contributed by atoms with van der Waals surface area (Å²) >= 11 is 0. The number of aromatic nitrogens is 2. The monoisotopic (exact) mass is 422 g/mol. The van der Waals surface area contributed by atoms with Crippen LogP contribution in [0.15, 0.2) is 46.9 Å². The molecule has 3 heterocycles. The molecule has 1 amide bonds. The number of carbonyl (C=O) groups is 1. The zero-order valence-corrected chi connectivity index (χ0v) is 18.6. The number of rotatable bonds is 4. The highest BCUT2D eigenvalue weighted by atomic mass is 16.2. The maximum Gasteiger partial charge on any atom is 0.278 e. The topological polar surface area (TPSA) is 84.6 Å². The fraction of sp³-hybridized carbons (Fsp3) is 0.435. The van der Waals surface area contributed by atoms with E-state index in [4.69, 9.17) is 0 Å². The van der Waals surface area contributed by atoms with Gasteiger partial charge in [-0.15, -0.1) is 0 Å². The van der Waals surface area contributed by atoms with Crippen molar-refractivity contribution in [3.8, 4) is 0 Å². The van der Waals surface area contributed by atoms with Gasteiger partial charge in [0.1, 0.15) is 0 Å². The molecule has 0 bridgehead atoms. The van der Waals surface area contributed by atoms with Crippen LogP contribution in [0.4, 0.5) is 17.5 Å². The van der Waals surface area contributed by atoms with Crippen LogP contribution in [-0.2, 0) is 11.3 Å². The molecule has 8 heteroatoms. The number of amides is 1. The van der Waals surface area contributed by atoms with E-state index in [1.165, 1.54) is 5.56 Å². The molecule has 2 aromatic rings. The molecular weight excluding hydrogens is 392 g/mol. The molecule has 31 heavy (non-hydrogen) atoms. The van der Waals surface area contributed by atoms with Crippen molar-refractivity contribution in [2.75, 3.05) is 35.8 Å². The summed E-state index contributed by atoms with van der Waals surface area (Å²) in [4.78, 5) is 39.5. The summed E-state index contributed by atoms with van der Waals surface area (Å²) in [7, 11) is 3.63. The van der Waals surface area contributed by atoms with E-state index in [0.717, 1.165) is 25.1 Å². The van der Waals surface area contributed by atoms with Crippen molar-refractivity contribution in [1.82, 2.24) is 14.9 Å². The van der Waals surface area contributed by atoms with Crippen LogP contribution in [0.3, 0.4) is 0 Å². The number of H-pyrrole nitrogens is 1. The average Bonchev–Trinajstić information content (AvgIpc) is 2.75. The van der Waals surface area contributed by atoms with Crippen molar-refractivity contribution in [1.29, 1.82) is 0 Å². The molecule has 0 spiro atoms. The van der Waals surface area contributed by atoms with Crippen LogP contribution >= 0.6 is 0 Å². The van der Waals surface area contributed by atoms with Gasteiger partial charge in [0.15, 0.2) is 11.5 Å². The SMILES string of the molecule is CC1Nc2nc(N(C)C)[nH]c(=O)c2N(C(=O)C2=CN(Cc3ccccc3)CCC2)C1C. The number of aromatic amines is 1. The largest absolute Gasteiger partial charge is 0.373 e. The van der Waals surface area contributed by atoms with Crippen molar-refractivity contribution in [2.24, 2.45) is 0 Å². The Hall–Kier alpha value is -3.29. The Labute approximate surface area is 182 Å². The predicted molar refractivity (Wildman–Crippen MR) is 123 cm³/mol. The lowest BCUT2D eigenvalue weighted by molar-refractivity contribution is -0.116. The second-order valence-corrected chi connectivity index (χ2v) is 8.54. The minimum Gasteiger partial charge on any atom is -0.373 e. The number of benzene rings is 1. The number of carbonyl (C=O) groups excluding carboxylic acids is 1. The third kappa shape index (κ3) is 4.15. The Bertz CT molecular complexity index is 1050. The van der Waals surface area contributed by atoms with Crippen molar-refractivity contribution >= 4 is 23.4 Å². The van der Waals surface area contributed by atoms with E-state index in [-0.39, 0.29) is 23.6 Å². The molecule has 0 saturated carbocycles. The first-order valence-electron chi connectivity index (χ1n) is 10.8. The van der Waals surface area contributed by atoms with Crippen molar-refractivity contribution in [3.05, 3.63) is 58.0 Å². The van der Waals surface area contributed by atoms with Crippen LogP contribution in [-0.4, -0.2) is 53.5 Å². The van der Waals surface area contributed by atoms with E-state index in [2.05, 4.69) is 32.3 Å². The standard InChI is InChI=1S/C23H30N6O2/c1-15-16(2)29(19-20(24-15)25-23(27(3)4)26-21(19)30)22(31)18-11-8-12-28(14-18)13-17-9-6-5-7-10-17/h5-7,9-10,14-16H,8,11-13H2,1-4H3,(H2,24,25,26,30). The summed E-state index contributed by atoms with van der Waals surface area (Å²) in [6.07, 6.45) is 3.57. The lowest BCUT2D eigenvalue weighted by Gasteiger charge is -2.40. The Morgan fingerprint density at radius 2 is 1.97 bits per heavy atom. The normalized spacial score (nSPS) is 20.6. The number of fused-ring (bicyclic) bond motifs is 1. The highest BCUT2D eigenvalue weighted by Gasteiger charge is 2.37. The molecule has 0 aliphatic carbocycles. The van der Waals surface area contributed by atoms with Gasteiger partial charge in [-0.05, 0) is 32.3 Å². The van der Waals surface area contributed by atoms with Gasteiger partial charge in [-0.1, -0.05) is 30.3 Å². The van der Waals surface area contributed by atoms with Crippen LogP contribution in [0, 0.1) is 0 Å². The van der Waals surface area contributed by atoms with Gasteiger partial charge >= 0.3 is 0 Å². The second-order valence-electron chi connectivity index (χ2n) is 8.54. The number of hydrogen-bond donors (Lipinski definition) is 2. The third-order valence-electron chi connectivity index (χ3n) is 5.99. The zero-order chi connectivity index (χ0) is 22.1. The molecule has 1 aromatic heterocycles. The van der Waals surface area contributed by atoms with E-state index in [9.17, 15) is 9.59 Å². The van der Waals surface area contributed by atoms with Gasteiger partial charge in [-0.3, -0.25) is 19.5 Å². The third-order valence-corrected chi connectivity index (χ3v) is 5.99. The van der Waals surface area contributed by atoms with Crippen LogP contribution in [0.1, 0.15) is 32.3 Å². The number of nitrogens with one attached hydrogen (secondary N) is 2. The molecule has 4 rings (SSSR count). The van der Waals surface area contributed by atoms with Gasteiger partial charge in [-0.2, -0.15) is 4.98 Å². The average molecular weight is 423 g/mol. The summed E-state index contributed by atoms with van der Waals surface area (Å²) in [5, 5.41) is 3.29. The maximum absolute atomic E-state index is 13.7. The smallest absolute Gasteiger partial charge is 0.278 e. The molecule has 0 saturated heterocycles. The van der Waals surface area contributed by atoms with E-state index < -0.39 is 0 Å². The second kappa shape index (κ2) is 8.45. The summed E-state index contributed by atoms with van der Waals surface area (Å²) < 4.78 is 0. The van der Waals surface area contributed by atoms with Gasteiger partial charge in [0, 0.05) is 45.0 Å². The Balaban J connectivity index is 1.67. The highest BCUT2D eigenvalue weighted by Crippen LogP contribution is 2.32. The molecule has 0 radical (unpaired) electrons. The van der Waals surface area contributed by atoms with Crippen molar-refractivity contribution < 1.29 is 4.79 Å². The molecule has 0 fully saturated rings. The number of nitrogens with zero attached hydrogens (tertiary/aromatic N) is 4. The summed E-state index contributed by atoms with van der Waals surface area (Å²) in [6, 6.07) is 10.0. The van der Waals surface area contributed by atoms with E-state index in [0.29, 0.717) is 23.9 Å². The molecule has 2 aliphatic rings. The first-order chi connectivity index (χ1) is 14.8. The van der Waals surface area contributed by atoms with Gasteiger partial charge in [0.25, 0.3) is 11.5 Å². The van der Waals surface area contributed by atoms with Crippen LogP contribution in [0.2, 0.25) is 0 Å². The molecule has 2 atom stereocenters. The summed E-state index contributed by atoms with van der Waals surface area (Å²) in [5.41, 5.74) is 1.91. The fourth-order valence-corrected chi connectivity index (χ4v) is 4.12. The van der Waals surface area contributed by atoms with Gasteiger partial charge in [0.2, 0.25) is 5.95 Å². The van der Waals surface area contributed by atoms with E-state index in [1.54, 1.807) is 9.80 Å².